The Morgan fingerprint density at radius 2 is 1.52 bits per heavy atom. The lowest BCUT2D eigenvalue weighted by Crippen LogP contribution is -2.44. The summed E-state index contributed by atoms with van der Waals surface area (Å²) in [7, 11) is 0. The smallest absolute Gasteiger partial charge is 0.306 e. The Balaban J connectivity index is 4.33. The highest BCUT2D eigenvalue weighted by molar-refractivity contribution is 5.77. The van der Waals surface area contributed by atoms with Crippen molar-refractivity contribution in [2.45, 2.75) is 90.8 Å². The van der Waals surface area contributed by atoms with Crippen LogP contribution in [0.25, 0.3) is 0 Å². The maximum Gasteiger partial charge on any atom is 0.306 e. The maximum absolute atomic E-state index is 12.0. The number of carbonyl (C=O) groups is 2. The highest BCUT2D eigenvalue weighted by atomic mass is 16.6. The Morgan fingerprint density at radius 1 is 1.00 bits per heavy atom. The molecule has 0 bridgehead atoms. The van der Waals surface area contributed by atoms with E-state index in [1.54, 1.807) is 20.8 Å². The Bertz CT molecular complexity index is 450. The molecule has 7 nitrogen and oxygen atoms in total. The molecule has 0 atom stereocenters. The Kier molecular flexibility index (Phi) is 7.19. The van der Waals surface area contributed by atoms with Crippen molar-refractivity contribution in [2.75, 3.05) is 0 Å². The zero-order valence-corrected chi connectivity index (χ0v) is 15.3. The second kappa shape index (κ2) is 7.75. The molecular weight excluding hydrogens is 300 g/mol. The van der Waals surface area contributed by atoms with Crippen LogP contribution in [-0.2, 0) is 14.3 Å². The first-order valence-electron chi connectivity index (χ1n) is 7.82. The zero-order valence-electron chi connectivity index (χ0n) is 15.3. The molecule has 1 N–H and O–H groups in total. The fourth-order valence-corrected chi connectivity index (χ4v) is 1.82. The van der Waals surface area contributed by atoms with E-state index in [-0.39, 0.29) is 36.1 Å². The topological polar surface area (TPSA) is 98.5 Å². The number of amides is 1. The van der Waals surface area contributed by atoms with Gasteiger partial charge in [0, 0.05) is 43.6 Å². The first-order chi connectivity index (χ1) is 10.1. The van der Waals surface area contributed by atoms with Crippen molar-refractivity contribution in [3.63, 3.8) is 0 Å². The SMILES string of the molecule is CC(C)(CCC(=O)OC(C)(C)C)NC(=O)CCC(C)(C)[N+](=O)[O-]. The van der Waals surface area contributed by atoms with Crippen LogP contribution in [0.2, 0.25) is 0 Å². The van der Waals surface area contributed by atoms with Gasteiger partial charge >= 0.3 is 5.97 Å². The normalized spacial score (nSPS) is 12.7. The average molecular weight is 330 g/mol. The Morgan fingerprint density at radius 3 is 1.96 bits per heavy atom. The number of hydrogen-bond acceptors (Lipinski definition) is 5. The van der Waals surface area contributed by atoms with Crippen molar-refractivity contribution in [3.05, 3.63) is 10.1 Å². The van der Waals surface area contributed by atoms with Gasteiger partial charge in [0.05, 0.1) is 0 Å². The molecule has 0 unspecified atom stereocenters. The van der Waals surface area contributed by atoms with Crippen molar-refractivity contribution in [2.24, 2.45) is 0 Å². The van der Waals surface area contributed by atoms with Crippen LogP contribution in [-0.4, -0.2) is 33.5 Å². The van der Waals surface area contributed by atoms with E-state index >= 15 is 0 Å². The lowest BCUT2D eigenvalue weighted by molar-refractivity contribution is -0.561. The molecule has 0 rings (SSSR count). The molecule has 0 aromatic carbocycles. The highest BCUT2D eigenvalue weighted by Gasteiger charge is 2.32. The van der Waals surface area contributed by atoms with Crippen molar-refractivity contribution in [1.82, 2.24) is 5.32 Å². The average Bonchev–Trinajstić information content (AvgIpc) is 2.31. The Labute approximate surface area is 138 Å². The first kappa shape index (κ1) is 21.3. The summed E-state index contributed by atoms with van der Waals surface area (Å²) in [6.45, 7) is 12.0. The van der Waals surface area contributed by atoms with Crippen LogP contribution in [0.1, 0.15) is 74.1 Å². The fourth-order valence-electron chi connectivity index (χ4n) is 1.82. The Hall–Kier alpha value is -1.66. The number of nitrogens with zero attached hydrogens (tertiary/aromatic N) is 1. The molecule has 0 fully saturated rings. The third-order valence-electron chi connectivity index (χ3n) is 3.31. The van der Waals surface area contributed by atoms with Crippen LogP contribution in [0.3, 0.4) is 0 Å². The molecule has 134 valence electrons. The minimum atomic E-state index is -1.13. The summed E-state index contributed by atoms with van der Waals surface area (Å²) in [5, 5.41) is 13.6. The van der Waals surface area contributed by atoms with Gasteiger partial charge in [-0.05, 0) is 41.0 Å². The number of ether oxygens (including phenoxy) is 1. The van der Waals surface area contributed by atoms with Crippen LogP contribution in [0.15, 0.2) is 0 Å². The lowest BCUT2D eigenvalue weighted by Gasteiger charge is -2.27. The largest absolute Gasteiger partial charge is 0.460 e. The minimum absolute atomic E-state index is 0.0733. The second-order valence-electron chi connectivity index (χ2n) is 8.09. The van der Waals surface area contributed by atoms with E-state index in [4.69, 9.17) is 4.74 Å². The predicted molar refractivity (Wildman–Crippen MR) is 87.6 cm³/mol. The van der Waals surface area contributed by atoms with Gasteiger partial charge in [-0.25, -0.2) is 0 Å². The number of rotatable bonds is 8. The van der Waals surface area contributed by atoms with E-state index < -0.39 is 16.7 Å². The molecule has 0 aliphatic rings. The van der Waals surface area contributed by atoms with Gasteiger partial charge in [0.2, 0.25) is 11.4 Å². The van der Waals surface area contributed by atoms with E-state index in [0.717, 1.165) is 0 Å². The minimum Gasteiger partial charge on any atom is -0.460 e. The molecule has 0 heterocycles. The summed E-state index contributed by atoms with van der Waals surface area (Å²) in [6, 6.07) is 0. The molecule has 0 aliphatic carbocycles. The van der Waals surface area contributed by atoms with Crippen LogP contribution < -0.4 is 5.32 Å². The molecule has 0 aliphatic heterocycles. The van der Waals surface area contributed by atoms with Crippen LogP contribution in [0.4, 0.5) is 0 Å². The third kappa shape index (κ3) is 9.86. The van der Waals surface area contributed by atoms with Crippen molar-refractivity contribution in [1.29, 1.82) is 0 Å². The number of nitrogens with one attached hydrogen (secondary N) is 1. The van der Waals surface area contributed by atoms with E-state index in [0.29, 0.717) is 6.42 Å². The summed E-state index contributed by atoms with van der Waals surface area (Å²) in [5.41, 5.74) is -2.23. The number of esters is 1. The molecular formula is C16H30N2O5. The van der Waals surface area contributed by atoms with Gasteiger partial charge in [0.15, 0.2) is 0 Å². The molecule has 0 aromatic heterocycles. The quantitative estimate of drug-likeness (QED) is 0.419. The second-order valence-corrected chi connectivity index (χ2v) is 8.09. The monoisotopic (exact) mass is 330 g/mol. The number of carbonyl (C=O) groups excluding carboxylic acids is 2. The molecule has 1 amide bonds. The van der Waals surface area contributed by atoms with Gasteiger partial charge < -0.3 is 10.1 Å². The predicted octanol–water partition coefficient (Wildman–Crippen LogP) is 2.84. The molecule has 7 heteroatoms. The van der Waals surface area contributed by atoms with Crippen molar-refractivity contribution in [3.8, 4) is 0 Å². The summed E-state index contributed by atoms with van der Waals surface area (Å²) >= 11 is 0. The van der Waals surface area contributed by atoms with Gasteiger partial charge in [-0.3, -0.25) is 19.7 Å². The van der Waals surface area contributed by atoms with E-state index in [9.17, 15) is 19.7 Å². The van der Waals surface area contributed by atoms with Gasteiger partial charge in [0.1, 0.15) is 5.60 Å². The highest BCUT2D eigenvalue weighted by Crippen LogP contribution is 2.18. The number of hydrogen-bond donors (Lipinski definition) is 1. The molecule has 0 aromatic rings. The van der Waals surface area contributed by atoms with Crippen LogP contribution in [0.5, 0.6) is 0 Å². The third-order valence-corrected chi connectivity index (χ3v) is 3.31. The standard InChI is InChI=1S/C16H30N2O5/c1-14(2,3)23-13(20)9-10-15(4,5)17-12(19)8-11-16(6,7)18(21)22/h8-11H2,1-7H3,(H,17,19). The summed E-state index contributed by atoms with van der Waals surface area (Å²) < 4.78 is 5.23. The fraction of sp³-hybridized carbons (Fsp3) is 0.875. The van der Waals surface area contributed by atoms with Gasteiger partial charge in [-0.1, -0.05) is 0 Å². The number of nitro groups is 1. The van der Waals surface area contributed by atoms with Crippen molar-refractivity contribution < 1.29 is 19.2 Å². The molecule has 0 spiro atoms. The maximum atomic E-state index is 12.0. The van der Waals surface area contributed by atoms with E-state index in [1.807, 2.05) is 13.8 Å². The lowest BCUT2D eigenvalue weighted by atomic mass is 9.96. The van der Waals surface area contributed by atoms with Gasteiger partial charge in [-0.15, -0.1) is 0 Å². The van der Waals surface area contributed by atoms with Crippen molar-refractivity contribution >= 4 is 11.9 Å². The van der Waals surface area contributed by atoms with Gasteiger partial charge in [-0.2, -0.15) is 0 Å². The first-order valence-corrected chi connectivity index (χ1v) is 7.82. The molecule has 23 heavy (non-hydrogen) atoms. The molecule has 0 radical (unpaired) electrons. The summed E-state index contributed by atoms with van der Waals surface area (Å²) in [4.78, 5) is 34.1. The molecule has 0 saturated heterocycles. The summed E-state index contributed by atoms with van der Waals surface area (Å²) in [6.07, 6.45) is 0.870. The van der Waals surface area contributed by atoms with Crippen LogP contribution in [0, 0.1) is 10.1 Å². The van der Waals surface area contributed by atoms with E-state index in [2.05, 4.69) is 5.32 Å². The summed E-state index contributed by atoms with van der Waals surface area (Å²) in [5.74, 6) is -0.566. The van der Waals surface area contributed by atoms with E-state index in [1.165, 1.54) is 13.8 Å². The zero-order chi connectivity index (χ0) is 18.5. The van der Waals surface area contributed by atoms with Crippen LogP contribution >= 0.6 is 0 Å². The van der Waals surface area contributed by atoms with Gasteiger partial charge in [0.25, 0.3) is 0 Å². The molecule has 0 saturated carbocycles.